The third-order valence-electron chi connectivity index (χ3n) is 8.41. The molecule has 9 nitrogen and oxygen atoms in total. The van der Waals surface area contributed by atoms with Crippen molar-refractivity contribution in [3.05, 3.63) is 41.2 Å². The highest BCUT2D eigenvalue weighted by molar-refractivity contribution is 5.92. The Morgan fingerprint density at radius 1 is 1.09 bits per heavy atom. The lowest BCUT2D eigenvalue weighted by molar-refractivity contribution is -0.131. The first kappa shape index (κ1) is 23.9. The Morgan fingerprint density at radius 3 is 2.54 bits per heavy atom. The van der Waals surface area contributed by atoms with Crippen LogP contribution in [0.1, 0.15) is 85.5 Å². The van der Waals surface area contributed by atoms with Gasteiger partial charge in [-0.15, -0.1) is 10.2 Å². The van der Waals surface area contributed by atoms with Crippen LogP contribution >= 0.6 is 0 Å². The summed E-state index contributed by atoms with van der Waals surface area (Å²) in [5.41, 5.74) is 7.33. The smallest absolute Gasteiger partial charge is 0.248 e. The van der Waals surface area contributed by atoms with Gasteiger partial charge >= 0.3 is 0 Å². The molecule has 3 N–H and O–H groups in total. The number of piperidine rings is 1. The summed E-state index contributed by atoms with van der Waals surface area (Å²) in [6.45, 7) is 2.50. The highest BCUT2D eigenvalue weighted by Crippen LogP contribution is 2.43. The molecule has 2 aromatic rings. The maximum absolute atomic E-state index is 13.2. The number of nitrogens with two attached hydrogens (primary N) is 1. The van der Waals surface area contributed by atoms with Crippen molar-refractivity contribution in [1.82, 2.24) is 30.4 Å². The van der Waals surface area contributed by atoms with Gasteiger partial charge in [0.05, 0.1) is 6.42 Å². The molecule has 3 fully saturated rings. The second-order valence-corrected chi connectivity index (χ2v) is 10.6. The lowest BCUT2D eigenvalue weighted by Crippen LogP contribution is -2.48. The average Bonchev–Trinajstić information content (AvgIpc) is 3.46. The molecular formula is C26H37N7O2. The molecule has 1 aliphatic carbocycles. The molecule has 0 spiro atoms. The number of nitrogens with zero attached hydrogens (tertiary/aromatic N) is 5. The minimum absolute atomic E-state index is 0.0995. The fourth-order valence-corrected chi connectivity index (χ4v) is 6.60. The summed E-state index contributed by atoms with van der Waals surface area (Å²) in [7, 11) is 0. The predicted octanol–water partition coefficient (Wildman–Crippen LogP) is 2.66. The maximum atomic E-state index is 13.2. The zero-order valence-corrected chi connectivity index (χ0v) is 20.4. The molecule has 2 bridgehead atoms. The minimum atomic E-state index is -0.365. The quantitative estimate of drug-likeness (QED) is 0.570. The van der Waals surface area contributed by atoms with E-state index in [2.05, 4.69) is 36.5 Å². The van der Waals surface area contributed by atoms with Crippen LogP contribution in [0.2, 0.25) is 0 Å². The topological polar surface area (TPSA) is 121 Å². The van der Waals surface area contributed by atoms with Gasteiger partial charge in [-0.2, -0.15) is 5.21 Å². The molecule has 2 aliphatic heterocycles. The summed E-state index contributed by atoms with van der Waals surface area (Å²) in [5.74, 6) is 1.25. The van der Waals surface area contributed by atoms with E-state index in [1.807, 2.05) is 12.1 Å². The first-order chi connectivity index (χ1) is 17.1. The lowest BCUT2D eigenvalue weighted by atomic mass is 9.84. The van der Waals surface area contributed by atoms with Crippen molar-refractivity contribution >= 4 is 11.8 Å². The van der Waals surface area contributed by atoms with Crippen LogP contribution in [0.4, 0.5) is 0 Å². The molecule has 2 saturated heterocycles. The van der Waals surface area contributed by atoms with Gasteiger partial charge in [0.15, 0.2) is 5.82 Å². The minimum Gasteiger partial charge on any atom is -0.366 e. The van der Waals surface area contributed by atoms with Crippen molar-refractivity contribution in [3.63, 3.8) is 0 Å². The van der Waals surface area contributed by atoms with Crippen LogP contribution in [0.5, 0.6) is 0 Å². The number of rotatable bonds is 9. The van der Waals surface area contributed by atoms with E-state index in [1.54, 1.807) is 6.07 Å². The van der Waals surface area contributed by atoms with E-state index >= 15 is 0 Å². The van der Waals surface area contributed by atoms with Gasteiger partial charge in [0.25, 0.3) is 0 Å². The Balaban J connectivity index is 1.22. The van der Waals surface area contributed by atoms with Crippen LogP contribution in [-0.4, -0.2) is 74.0 Å². The monoisotopic (exact) mass is 479 g/mol. The highest BCUT2D eigenvalue weighted by atomic mass is 16.2. The van der Waals surface area contributed by atoms with Crippen molar-refractivity contribution in [3.8, 4) is 0 Å². The van der Waals surface area contributed by atoms with Gasteiger partial charge in [-0.1, -0.05) is 36.6 Å². The van der Waals surface area contributed by atoms with Crippen LogP contribution in [0.25, 0.3) is 0 Å². The number of hydrogen-bond donors (Lipinski definition) is 2. The largest absolute Gasteiger partial charge is 0.366 e. The van der Waals surface area contributed by atoms with Gasteiger partial charge in [-0.05, 0) is 68.1 Å². The number of hydrogen-bond acceptors (Lipinski definition) is 6. The fourth-order valence-electron chi connectivity index (χ4n) is 6.60. The number of nitrogens with one attached hydrogen (secondary N) is 1. The van der Waals surface area contributed by atoms with Crippen LogP contribution < -0.4 is 5.73 Å². The standard InChI is InChI=1S/C26H37N7O2/c27-26(35)20-8-4-7-19(13-20)21-14-22-9-10-23(15-21)33(22)12-11-32(17-18-5-2-1-3-6-18)25(34)16-24-28-30-31-29-24/h4,7-8,13,18,21-23H,1-3,5-6,9-12,14-17H2,(H2,27,35)(H,28,29,30,31)/t21?,22-,23+. The Kier molecular flexibility index (Phi) is 7.41. The number of H-pyrrole nitrogens is 1. The third-order valence-corrected chi connectivity index (χ3v) is 8.41. The summed E-state index contributed by atoms with van der Waals surface area (Å²) in [5, 5.41) is 14.0. The molecule has 9 heteroatoms. The van der Waals surface area contributed by atoms with E-state index < -0.39 is 0 Å². The van der Waals surface area contributed by atoms with Gasteiger partial charge in [0, 0.05) is 37.3 Å². The SMILES string of the molecule is NC(=O)c1cccc(C2C[C@H]3CC[C@@H](C2)N3CCN(CC2CCCCC2)C(=O)Cc2nn[nH]n2)c1. The number of aromatic nitrogens is 4. The number of primary amides is 1. The van der Waals surface area contributed by atoms with Crippen LogP contribution in [0, 0.1) is 5.92 Å². The van der Waals surface area contributed by atoms with E-state index in [0.29, 0.717) is 35.3 Å². The second kappa shape index (κ2) is 10.8. The molecule has 2 amide bonds. The summed E-state index contributed by atoms with van der Waals surface area (Å²) < 4.78 is 0. The molecular weight excluding hydrogens is 442 g/mol. The molecule has 35 heavy (non-hydrogen) atoms. The van der Waals surface area contributed by atoms with E-state index in [-0.39, 0.29) is 18.2 Å². The molecule has 3 atom stereocenters. The van der Waals surface area contributed by atoms with Crippen molar-refractivity contribution in [1.29, 1.82) is 0 Å². The van der Waals surface area contributed by atoms with Crippen molar-refractivity contribution < 1.29 is 9.59 Å². The van der Waals surface area contributed by atoms with Crippen LogP contribution in [-0.2, 0) is 11.2 Å². The number of carbonyl (C=O) groups is 2. The second-order valence-electron chi connectivity index (χ2n) is 10.6. The van der Waals surface area contributed by atoms with Gasteiger partial charge < -0.3 is 10.6 Å². The van der Waals surface area contributed by atoms with Crippen LogP contribution in [0.15, 0.2) is 24.3 Å². The van der Waals surface area contributed by atoms with Gasteiger partial charge in [-0.3, -0.25) is 14.5 Å². The summed E-state index contributed by atoms with van der Waals surface area (Å²) >= 11 is 0. The number of benzene rings is 1. The number of carbonyl (C=O) groups excluding carboxylic acids is 2. The first-order valence-electron chi connectivity index (χ1n) is 13.2. The maximum Gasteiger partial charge on any atom is 0.248 e. The molecule has 1 saturated carbocycles. The molecule has 3 aliphatic rings. The Morgan fingerprint density at radius 2 is 1.86 bits per heavy atom. The molecule has 188 valence electrons. The lowest BCUT2D eigenvalue weighted by Gasteiger charge is -2.40. The van der Waals surface area contributed by atoms with Gasteiger partial charge in [0.2, 0.25) is 11.8 Å². The zero-order chi connectivity index (χ0) is 24.2. The molecule has 1 unspecified atom stereocenters. The molecule has 5 rings (SSSR count). The Hall–Kier alpha value is -2.81. The van der Waals surface area contributed by atoms with E-state index in [1.165, 1.54) is 50.5 Å². The van der Waals surface area contributed by atoms with Gasteiger partial charge in [-0.25, -0.2) is 0 Å². The molecule has 1 aromatic carbocycles. The number of amides is 2. The number of tetrazole rings is 1. The van der Waals surface area contributed by atoms with Crippen molar-refractivity contribution in [2.75, 3.05) is 19.6 Å². The molecule has 1 aromatic heterocycles. The Bertz CT molecular complexity index is 991. The van der Waals surface area contributed by atoms with E-state index in [4.69, 9.17) is 5.73 Å². The molecule has 0 radical (unpaired) electrons. The van der Waals surface area contributed by atoms with Crippen LogP contribution in [0.3, 0.4) is 0 Å². The van der Waals surface area contributed by atoms with E-state index in [9.17, 15) is 9.59 Å². The normalized spacial score (nSPS) is 25.0. The first-order valence-corrected chi connectivity index (χ1v) is 13.2. The average molecular weight is 480 g/mol. The van der Waals surface area contributed by atoms with Gasteiger partial charge in [0.1, 0.15) is 0 Å². The Labute approximate surface area is 206 Å². The number of aromatic amines is 1. The summed E-state index contributed by atoms with van der Waals surface area (Å²) in [6, 6.07) is 8.91. The summed E-state index contributed by atoms with van der Waals surface area (Å²) in [4.78, 5) is 29.6. The third kappa shape index (κ3) is 5.72. The van der Waals surface area contributed by atoms with E-state index in [0.717, 1.165) is 32.5 Å². The fraction of sp³-hybridized carbons (Fsp3) is 0.654. The van der Waals surface area contributed by atoms with Crippen molar-refractivity contribution in [2.24, 2.45) is 11.7 Å². The summed E-state index contributed by atoms with van der Waals surface area (Å²) in [6.07, 6.45) is 11.1. The number of fused-ring (bicyclic) bond motifs is 2. The molecule has 3 heterocycles. The predicted molar refractivity (Wildman–Crippen MR) is 131 cm³/mol. The van der Waals surface area contributed by atoms with Crippen molar-refractivity contribution in [2.45, 2.75) is 82.2 Å². The zero-order valence-electron chi connectivity index (χ0n) is 20.4. The highest BCUT2D eigenvalue weighted by Gasteiger charge is 2.41.